The molecule has 0 bridgehead atoms. The Morgan fingerprint density at radius 1 is 1.29 bits per heavy atom. The van der Waals surface area contributed by atoms with Gasteiger partial charge in [-0.15, -0.1) is 0 Å². The molecule has 24 heavy (non-hydrogen) atoms. The van der Waals surface area contributed by atoms with Gasteiger partial charge in [0.1, 0.15) is 12.3 Å². The standard InChI is InChI=1S/C15H17ClFN5O2/c1-15(2,3)24-14(23)20-8-10-4-11(22-13(16)21-10)9-6-18-12(5-17)19-7-9/h4,6-7H,5,8H2,1-3H3,(H,20,23). The summed E-state index contributed by atoms with van der Waals surface area (Å²) in [5.74, 6) is 0.0886. The lowest BCUT2D eigenvalue weighted by molar-refractivity contribution is 0.0523. The predicted molar refractivity (Wildman–Crippen MR) is 86.0 cm³/mol. The Labute approximate surface area is 143 Å². The third-order valence-electron chi connectivity index (χ3n) is 2.69. The van der Waals surface area contributed by atoms with Crippen LogP contribution in [0.15, 0.2) is 18.5 Å². The Kier molecular flexibility index (Phi) is 5.61. The number of nitrogens with one attached hydrogen (secondary N) is 1. The lowest BCUT2D eigenvalue weighted by Crippen LogP contribution is -2.32. The molecule has 2 rings (SSSR count). The smallest absolute Gasteiger partial charge is 0.407 e. The molecular formula is C15H17ClFN5O2. The molecule has 0 saturated heterocycles. The molecule has 0 aliphatic heterocycles. The molecule has 1 N–H and O–H groups in total. The van der Waals surface area contributed by atoms with Crippen LogP contribution in [0.1, 0.15) is 32.3 Å². The molecule has 0 aliphatic rings. The summed E-state index contributed by atoms with van der Waals surface area (Å²) in [6, 6.07) is 1.64. The first-order valence-electron chi connectivity index (χ1n) is 7.14. The van der Waals surface area contributed by atoms with E-state index < -0.39 is 18.4 Å². The Hall–Kier alpha value is -2.35. The zero-order chi connectivity index (χ0) is 17.7. The second-order valence-corrected chi connectivity index (χ2v) is 6.23. The van der Waals surface area contributed by atoms with Crippen LogP contribution in [0.2, 0.25) is 5.28 Å². The van der Waals surface area contributed by atoms with Crippen LogP contribution in [0.3, 0.4) is 0 Å². The van der Waals surface area contributed by atoms with E-state index in [1.165, 1.54) is 12.4 Å². The first kappa shape index (κ1) is 18.0. The summed E-state index contributed by atoms with van der Waals surface area (Å²) in [4.78, 5) is 27.5. The van der Waals surface area contributed by atoms with Crippen LogP contribution in [0, 0.1) is 0 Å². The largest absolute Gasteiger partial charge is 0.444 e. The summed E-state index contributed by atoms with van der Waals surface area (Å²) in [5, 5.41) is 2.61. The van der Waals surface area contributed by atoms with Crippen molar-refractivity contribution in [2.24, 2.45) is 0 Å². The van der Waals surface area contributed by atoms with Gasteiger partial charge in [0.15, 0.2) is 5.82 Å². The molecule has 9 heteroatoms. The molecule has 0 atom stereocenters. The number of nitrogens with zero attached hydrogens (tertiary/aromatic N) is 4. The normalized spacial score (nSPS) is 11.2. The van der Waals surface area contributed by atoms with Gasteiger partial charge in [0, 0.05) is 18.0 Å². The zero-order valence-corrected chi connectivity index (χ0v) is 14.3. The van der Waals surface area contributed by atoms with Crippen molar-refractivity contribution in [3.8, 4) is 11.3 Å². The average molecular weight is 354 g/mol. The molecule has 1 amide bonds. The van der Waals surface area contributed by atoms with Gasteiger partial charge < -0.3 is 10.1 Å². The lowest BCUT2D eigenvalue weighted by atomic mass is 10.2. The van der Waals surface area contributed by atoms with Gasteiger partial charge in [-0.1, -0.05) is 0 Å². The number of alkyl halides is 1. The predicted octanol–water partition coefficient (Wildman–Crippen LogP) is 3.08. The fourth-order valence-electron chi connectivity index (χ4n) is 1.74. The Balaban J connectivity index is 2.12. The second-order valence-electron chi connectivity index (χ2n) is 5.89. The highest BCUT2D eigenvalue weighted by Crippen LogP contribution is 2.18. The number of amides is 1. The molecule has 0 aliphatic carbocycles. The monoisotopic (exact) mass is 353 g/mol. The zero-order valence-electron chi connectivity index (χ0n) is 13.5. The van der Waals surface area contributed by atoms with E-state index in [1.54, 1.807) is 26.8 Å². The van der Waals surface area contributed by atoms with E-state index in [-0.39, 0.29) is 17.7 Å². The van der Waals surface area contributed by atoms with E-state index in [0.29, 0.717) is 17.0 Å². The van der Waals surface area contributed by atoms with Gasteiger partial charge >= 0.3 is 6.09 Å². The summed E-state index contributed by atoms with van der Waals surface area (Å²) in [7, 11) is 0. The number of rotatable bonds is 4. The number of hydrogen-bond acceptors (Lipinski definition) is 6. The molecule has 2 aromatic rings. The van der Waals surface area contributed by atoms with Gasteiger partial charge in [0.25, 0.3) is 0 Å². The molecule has 0 spiro atoms. The topological polar surface area (TPSA) is 89.9 Å². The van der Waals surface area contributed by atoms with Crippen LogP contribution in [-0.2, 0) is 18.0 Å². The van der Waals surface area contributed by atoms with Gasteiger partial charge in [-0.2, -0.15) is 0 Å². The van der Waals surface area contributed by atoms with Crippen molar-refractivity contribution < 1.29 is 13.9 Å². The highest BCUT2D eigenvalue weighted by molar-refractivity contribution is 6.28. The number of carbonyl (C=O) groups excluding carboxylic acids is 1. The quantitative estimate of drug-likeness (QED) is 0.849. The van der Waals surface area contributed by atoms with Crippen molar-refractivity contribution in [2.75, 3.05) is 0 Å². The number of halogens is 2. The maximum Gasteiger partial charge on any atom is 0.407 e. The first-order chi connectivity index (χ1) is 11.3. The Morgan fingerprint density at radius 2 is 1.96 bits per heavy atom. The molecule has 0 radical (unpaired) electrons. The maximum atomic E-state index is 12.5. The number of aromatic nitrogens is 4. The summed E-state index contributed by atoms with van der Waals surface area (Å²) in [6.45, 7) is 4.69. The van der Waals surface area contributed by atoms with Gasteiger partial charge in [-0.25, -0.2) is 29.1 Å². The van der Waals surface area contributed by atoms with Crippen molar-refractivity contribution in [1.29, 1.82) is 0 Å². The second kappa shape index (κ2) is 7.48. The molecule has 128 valence electrons. The maximum absolute atomic E-state index is 12.5. The molecule has 7 nitrogen and oxygen atoms in total. The fourth-order valence-corrected chi connectivity index (χ4v) is 1.94. The van der Waals surface area contributed by atoms with Crippen molar-refractivity contribution in [2.45, 2.75) is 39.6 Å². The third kappa shape index (κ3) is 5.38. The van der Waals surface area contributed by atoms with Crippen molar-refractivity contribution in [3.63, 3.8) is 0 Å². The van der Waals surface area contributed by atoms with E-state index in [2.05, 4.69) is 25.3 Å². The average Bonchev–Trinajstić information content (AvgIpc) is 2.51. The summed E-state index contributed by atoms with van der Waals surface area (Å²) in [5.41, 5.74) is 0.940. The molecular weight excluding hydrogens is 337 g/mol. The van der Waals surface area contributed by atoms with Crippen LogP contribution >= 0.6 is 11.6 Å². The van der Waals surface area contributed by atoms with Crippen molar-refractivity contribution in [1.82, 2.24) is 25.3 Å². The van der Waals surface area contributed by atoms with Crippen molar-refractivity contribution in [3.05, 3.63) is 35.3 Å². The highest BCUT2D eigenvalue weighted by Gasteiger charge is 2.16. The van der Waals surface area contributed by atoms with Crippen molar-refractivity contribution >= 4 is 17.7 Å². The SMILES string of the molecule is CC(C)(C)OC(=O)NCc1cc(-c2cnc(CF)nc2)nc(Cl)n1. The van der Waals surface area contributed by atoms with E-state index >= 15 is 0 Å². The minimum Gasteiger partial charge on any atom is -0.444 e. The lowest BCUT2D eigenvalue weighted by Gasteiger charge is -2.19. The van der Waals surface area contributed by atoms with E-state index in [9.17, 15) is 9.18 Å². The number of alkyl carbamates (subject to hydrolysis) is 1. The summed E-state index contributed by atoms with van der Waals surface area (Å²) in [6.07, 6.45) is 2.34. The molecule has 0 fully saturated rings. The molecule has 0 unspecified atom stereocenters. The van der Waals surface area contributed by atoms with Gasteiger partial charge in [-0.05, 0) is 38.4 Å². The molecule has 2 heterocycles. The highest BCUT2D eigenvalue weighted by atomic mass is 35.5. The summed E-state index contributed by atoms with van der Waals surface area (Å²) >= 11 is 5.91. The van der Waals surface area contributed by atoms with Crippen LogP contribution in [0.4, 0.5) is 9.18 Å². The number of carbonyl (C=O) groups is 1. The van der Waals surface area contributed by atoms with Gasteiger partial charge in [0.05, 0.1) is 17.9 Å². The Morgan fingerprint density at radius 3 is 2.54 bits per heavy atom. The molecule has 0 aromatic carbocycles. The minimum atomic E-state index is -0.740. The van der Waals surface area contributed by atoms with Crippen LogP contribution in [-0.4, -0.2) is 31.6 Å². The summed E-state index contributed by atoms with van der Waals surface area (Å²) < 4.78 is 17.6. The van der Waals surface area contributed by atoms with Crippen LogP contribution < -0.4 is 5.32 Å². The van der Waals surface area contributed by atoms with E-state index in [0.717, 1.165) is 0 Å². The first-order valence-corrected chi connectivity index (χ1v) is 7.52. The molecule has 2 aromatic heterocycles. The Bertz CT molecular complexity index is 719. The van der Waals surface area contributed by atoms with Gasteiger partial charge in [-0.3, -0.25) is 0 Å². The number of hydrogen-bond donors (Lipinski definition) is 1. The number of ether oxygens (including phenoxy) is 1. The third-order valence-corrected chi connectivity index (χ3v) is 2.85. The van der Waals surface area contributed by atoms with Gasteiger partial charge in [0.2, 0.25) is 5.28 Å². The molecule has 0 saturated carbocycles. The van der Waals surface area contributed by atoms with E-state index in [1.807, 2.05) is 0 Å². The van der Waals surface area contributed by atoms with Crippen LogP contribution in [0.5, 0.6) is 0 Å². The van der Waals surface area contributed by atoms with Crippen LogP contribution in [0.25, 0.3) is 11.3 Å². The fraction of sp³-hybridized carbons (Fsp3) is 0.400. The van der Waals surface area contributed by atoms with E-state index in [4.69, 9.17) is 16.3 Å². The minimum absolute atomic E-state index is 0.0167.